The summed E-state index contributed by atoms with van der Waals surface area (Å²) in [6, 6.07) is 6.40. The third kappa shape index (κ3) is 1.88. The van der Waals surface area contributed by atoms with Gasteiger partial charge in [-0.3, -0.25) is 5.10 Å². The minimum atomic E-state index is -1.06. The molecule has 0 radical (unpaired) electrons. The van der Waals surface area contributed by atoms with E-state index in [-0.39, 0.29) is 11.4 Å². The predicted molar refractivity (Wildman–Crippen MR) is 57.4 cm³/mol. The monoisotopic (exact) mass is 218 g/mol. The maximum atomic E-state index is 10.7. The van der Waals surface area contributed by atoms with Gasteiger partial charge in [0.15, 0.2) is 0 Å². The Kier molecular flexibility index (Phi) is 2.36. The van der Waals surface area contributed by atoms with Crippen LogP contribution in [0, 0.1) is 6.92 Å². The van der Waals surface area contributed by atoms with Gasteiger partial charge in [0.1, 0.15) is 11.4 Å². The molecule has 0 saturated heterocycles. The van der Waals surface area contributed by atoms with Crippen LogP contribution in [-0.2, 0) is 0 Å². The second kappa shape index (κ2) is 3.69. The van der Waals surface area contributed by atoms with Crippen LogP contribution < -0.4 is 0 Å². The van der Waals surface area contributed by atoms with Gasteiger partial charge in [0.2, 0.25) is 0 Å². The third-order valence-electron chi connectivity index (χ3n) is 2.17. The molecule has 1 heterocycles. The molecule has 0 unspecified atom stereocenters. The van der Waals surface area contributed by atoms with Gasteiger partial charge in [-0.15, -0.1) is 0 Å². The molecule has 16 heavy (non-hydrogen) atoms. The maximum absolute atomic E-state index is 10.7. The number of aromatic hydroxyl groups is 1. The van der Waals surface area contributed by atoms with Crippen LogP contribution in [0.1, 0.15) is 16.1 Å². The van der Waals surface area contributed by atoms with Gasteiger partial charge in [0.05, 0.1) is 5.69 Å². The van der Waals surface area contributed by atoms with E-state index in [1.807, 2.05) is 13.0 Å². The Balaban J connectivity index is 2.46. The van der Waals surface area contributed by atoms with Gasteiger partial charge in [0.25, 0.3) is 0 Å². The van der Waals surface area contributed by atoms with E-state index < -0.39 is 5.97 Å². The summed E-state index contributed by atoms with van der Waals surface area (Å²) in [5, 5.41) is 24.4. The number of aromatic carboxylic acids is 1. The summed E-state index contributed by atoms with van der Waals surface area (Å²) >= 11 is 0. The van der Waals surface area contributed by atoms with E-state index in [9.17, 15) is 9.90 Å². The Morgan fingerprint density at radius 1 is 1.31 bits per heavy atom. The Bertz CT molecular complexity index is 526. The lowest BCUT2D eigenvalue weighted by atomic mass is 10.1. The minimum Gasteiger partial charge on any atom is -0.508 e. The number of nitrogens with zero attached hydrogens (tertiary/aromatic N) is 1. The molecule has 0 saturated carbocycles. The third-order valence-corrected chi connectivity index (χ3v) is 2.17. The van der Waals surface area contributed by atoms with Crippen molar-refractivity contribution in [3.8, 4) is 17.0 Å². The fourth-order valence-corrected chi connectivity index (χ4v) is 1.49. The zero-order valence-electron chi connectivity index (χ0n) is 8.56. The van der Waals surface area contributed by atoms with Crippen molar-refractivity contribution in [2.75, 3.05) is 0 Å². The smallest absolute Gasteiger partial charge is 0.353 e. The van der Waals surface area contributed by atoms with E-state index in [2.05, 4.69) is 10.2 Å². The number of benzene rings is 1. The molecule has 0 spiro atoms. The Hall–Kier alpha value is -2.30. The number of H-pyrrole nitrogens is 1. The Labute approximate surface area is 91.4 Å². The van der Waals surface area contributed by atoms with Gasteiger partial charge in [-0.1, -0.05) is 0 Å². The summed E-state index contributed by atoms with van der Waals surface area (Å²) < 4.78 is 0. The lowest BCUT2D eigenvalue weighted by Gasteiger charge is -2.00. The number of aromatic nitrogens is 2. The Morgan fingerprint density at radius 2 is 2.06 bits per heavy atom. The minimum absolute atomic E-state index is 0.0241. The van der Waals surface area contributed by atoms with Crippen molar-refractivity contribution in [1.82, 2.24) is 10.2 Å². The van der Waals surface area contributed by atoms with Gasteiger partial charge in [0, 0.05) is 5.56 Å². The first-order chi connectivity index (χ1) is 7.56. The molecule has 0 amide bonds. The van der Waals surface area contributed by atoms with Crippen LogP contribution in [0.25, 0.3) is 11.3 Å². The number of aromatic amines is 1. The number of hydrogen-bond acceptors (Lipinski definition) is 3. The molecule has 5 heteroatoms. The summed E-state index contributed by atoms with van der Waals surface area (Å²) in [7, 11) is 0. The predicted octanol–water partition coefficient (Wildman–Crippen LogP) is 1.79. The highest BCUT2D eigenvalue weighted by molar-refractivity contribution is 5.86. The van der Waals surface area contributed by atoms with E-state index >= 15 is 0 Å². The van der Waals surface area contributed by atoms with Gasteiger partial charge in [-0.25, -0.2) is 4.79 Å². The van der Waals surface area contributed by atoms with Gasteiger partial charge < -0.3 is 10.2 Å². The van der Waals surface area contributed by atoms with Crippen LogP contribution in [0.15, 0.2) is 24.3 Å². The molecular weight excluding hydrogens is 208 g/mol. The lowest BCUT2D eigenvalue weighted by Crippen LogP contribution is -1.95. The molecule has 1 aromatic heterocycles. The number of aryl methyl sites for hydroxylation is 1. The average Bonchev–Trinajstić information content (AvgIpc) is 2.64. The van der Waals surface area contributed by atoms with Crippen LogP contribution in [-0.4, -0.2) is 26.4 Å². The first kappa shape index (κ1) is 10.2. The number of nitrogens with one attached hydrogen (secondary N) is 1. The quantitative estimate of drug-likeness (QED) is 0.717. The number of carboxylic acid groups (broad SMARTS) is 1. The molecule has 2 rings (SSSR count). The van der Waals surface area contributed by atoms with Crippen molar-refractivity contribution < 1.29 is 15.0 Å². The highest BCUT2D eigenvalue weighted by atomic mass is 16.4. The number of carboxylic acids is 1. The largest absolute Gasteiger partial charge is 0.508 e. The zero-order valence-corrected chi connectivity index (χ0v) is 8.56. The van der Waals surface area contributed by atoms with Gasteiger partial charge >= 0.3 is 5.97 Å². The average molecular weight is 218 g/mol. The van der Waals surface area contributed by atoms with Crippen molar-refractivity contribution >= 4 is 5.97 Å². The van der Waals surface area contributed by atoms with Crippen molar-refractivity contribution in [1.29, 1.82) is 0 Å². The van der Waals surface area contributed by atoms with Crippen molar-refractivity contribution in [2.45, 2.75) is 6.92 Å². The molecule has 82 valence electrons. The molecule has 0 atom stereocenters. The molecule has 0 aliphatic heterocycles. The second-order valence-electron chi connectivity index (χ2n) is 3.53. The summed E-state index contributed by atoms with van der Waals surface area (Å²) in [4.78, 5) is 10.7. The van der Waals surface area contributed by atoms with E-state index in [1.54, 1.807) is 6.07 Å². The SMILES string of the molecule is Cc1cc(O)cc(-c2cc(C(=O)O)[nH]n2)c1. The number of hydrogen-bond donors (Lipinski definition) is 3. The van der Waals surface area contributed by atoms with Crippen LogP contribution in [0.5, 0.6) is 5.75 Å². The van der Waals surface area contributed by atoms with E-state index in [0.717, 1.165) is 5.56 Å². The molecule has 0 aliphatic rings. The van der Waals surface area contributed by atoms with Gasteiger partial charge in [-0.2, -0.15) is 5.10 Å². The molecule has 0 aliphatic carbocycles. The first-order valence-corrected chi connectivity index (χ1v) is 4.66. The number of rotatable bonds is 2. The topological polar surface area (TPSA) is 86.2 Å². The highest BCUT2D eigenvalue weighted by Crippen LogP contribution is 2.24. The number of phenolic OH excluding ortho intramolecular Hbond substituents is 1. The fourth-order valence-electron chi connectivity index (χ4n) is 1.49. The zero-order chi connectivity index (χ0) is 11.7. The second-order valence-corrected chi connectivity index (χ2v) is 3.53. The fraction of sp³-hybridized carbons (Fsp3) is 0.0909. The first-order valence-electron chi connectivity index (χ1n) is 4.66. The van der Waals surface area contributed by atoms with Crippen LogP contribution in [0.2, 0.25) is 0 Å². The van der Waals surface area contributed by atoms with Crippen molar-refractivity contribution in [2.24, 2.45) is 0 Å². The van der Waals surface area contributed by atoms with Crippen molar-refractivity contribution in [3.63, 3.8) is 0 Å². The summed E-state index contributed by atoms with van der Waals surface area (Å²) in [6.45, 7) is 1.84. The Morgan fingerprint density at radius 3 is 2.62 bits per heavy atom. The number of phenols is 1. The molecular formula is C11H10N2O3. The summed E-state index contributed by atoms with van der Waals surface area (Å²) in [5.41, 5.74) is 2.09. The van der Waals surface area contributed by atoms with Crippen molar-refractivity contribution in [3.05, 3.63) is 35.5 Å². The highest BCUT2D eigenvalue weighted by Gasteiger charge is 2.09. The standard InChI is InChI=1S/C11H10N2O3/c1-6-2-7(4-8(14)3-6)9-5-10(11(15)16)13-12-9/h2-5,14H,1H3,(H,12,13)(H,15,16). The van der Waals surface area contributed by atoms with Crippen LogP contribution in [0.3, 0.4) is 0 Å². The molecule has 5 nitrogen and oxygen atoms in total. The molecule has 2 aromatic rings. The lowest BCUT2D eigenvalue weighted by molar-refractivity contribution is 0.0690. The molecule has 1 aromatic carbocycles. The van der Waals surface area contributed by atoms with Crippen LogP contribution in [0.4, 0.5) is 0 Å². The number of carbonyl (C=O) groups is 1. The normalized spacial score (nSPS) is 10.3. The van der Waals surface area contributed by atoms with E-state index in [4.69, 9.17) is 5.11 Å². The summed E-state index contributed by atoms with van der Waals surface area (Å²) in [6.07, 6.45) is 0. The molecule has 0 bridgehead atoms. The molecule has 3 N–H and O–H groups in total. The van der Waals surface area contributed by atoms with Gasteiger partial charge in [-0.05, 0) is 36.8 Å². The van der Waals surface area contributed by atoms with Crippen LogP contribution >= 0.6 is 0 Å². The maximum Gasteiger partial charge on any atom is 0.353 e. The van der Waals surface area contributed by atoms with E-state index in [1.165, 1.54) is 12.1 Å². The van der Waals surface area contributed by atoms with E-state index in [0.29, 0.717) is 11.3 Å². The molecule has 0 fully saturated rings. The summed E-state index contributed by atoms with van der Waals surface area (Å²) in [5.74, 6) is -0.925.